The van der Waals surface area contributed by atoms with Crippen LogP contribution in [0.2, 0.25) is 0 Å². The van der Waals surface area contributed by atoms with Gasteiger partial charge in [0.25, 0.3) is 11.8 Å². The average molecular weight is 371 g/mol. The number of benzene rings is 2. The van der Waals surface area contributed by atoms with Crippen LogP contribution in [0.1, 0.15) is 26.3 Å². The van der Waals surface area contributed by atoms with E-state index in [0.717, 1.165) is 10.9 Å². The zero-order valence-corrected chi connectivity index (χ0v) is 15.0. The molecule has 3 aromatic rings. The molecule has 0 radical (unpaired) electrons. The maximum absolute atomic E-state index is 12.8. The van der Waals surface area contributed by atoms with Crippen LogP contribution in [0.15, 0.2) is 67.0 Å². The quantitative estimate of drug-likeness (QED) is 0.552. The first-order valence-corrected chi connectivity index (χ1v) is 8.89. The first-order chi connectivity index (χ1) is 13.6. The van der Waals surface area contributed by atoms with Crippen LogP contribution in [-0.2, 0) is 4.79 Å². The first-order valence-electron chi connectivity index (χ1n) is 8.89. The number of imide groups is 1. The molecule has 2 aromatic carbocycles. The Hall–Kier alpha value is -3.80. The van der Waals surface area contributed by atoms with E-state index in [2.05, 4.69) is 10.3 Å². The van der Waals surface area contributed by atoms with Gasteiger partial charge in [-0.15, -0.1) is 0 Å². The molecule has 2 heterocycles. The van der Waals surface area contributed by atoms with Crippen LogP contribution in [0, 0.1) is 0 Å². The van der Waals surface area contributed by atoms with Gasteiger partial charge in [-0.25, -0.2) is 0 Å². The van der Waals surface area contributed by atoms with Crippen LogP contribution in [-0.4, -0.2) is 40.7 Å². The van der Waals surface area contributed by atoms with Gasteiger partial charge in [-0.2, -0.15) is 0 Å². The number of carbonyl (C=O) groups is 3. The Balaban J connectivity index is 1.43. The van der Waals surface area contributed by atoms with E-state index >= 15 is 0 Å². The highest BCUT2D eigenvalue weighted by Crippen LogP contribution is 2.29. The highest BCUT2D eigenvalue weighted by Gasteiger charge is 2.32. The summed E-state index contributed by atoms with van der Waals surface area (Å²) in [7, 11) is 0. The predicted molar refractivity (Wildman–Crippen MR) is 106 cm³/mol. The molecule has 6 nitrogen and oxygen atoms in total. The fourth-order valence-corrected chi connectivity index (χ4v) is 3.28. The van der Waals surface area contributed by atoms with Crippen LogP contribution >= 0.6 is 0 Å². The van der Waals surface area contributed by atoms with Crippen molar-refractivity contribution in [2.24, 2.45) is 0 Å². The smallest absolute Gasteiger partial charge is 0.261 e. The van der Waals surface area contributed by atoms with E-state index in [9.17, 15) is 14.4 Å². The van der Waals surface area contributed by atoms with Crippen molar-refractivity contribution in [3.05, 3.63) is 83.7 Å². The Morgan fingerprint density at radius 2 is 1.71 bits per heavy atom. The van der Waals surface area contributed by atoms with Crippen LogP contribution in [0.3, 0.4) is 0 Å². The van der Waals surface area contributed by atoms with E-state index in [1.807, 2.05) is 18.2 Å². The molecule has 1 aliphatic heterocycles. The van der Waals surface area contributed by atoms with Crippen molar-refractivity contribution in [2.45, 2.75) is 0 Å². The van der Waals surface area contributed by atoms with E-state index in [-0.39, 0.29) is 30.8 Å². The molecule has 0 saturated heterocycles. The number of nitrogens with one attached hydrogen (secondary N) is 1. The second-order valence-electron chi connectivity index (χ2n) is 6.38. The molecular weight excluding hydrogens is 354 g/mol. The van der Waals surface area contributed by atoms with Crippen LogP contribution < -0.4 is 5.32 Å². The van der Waals surface area contributed by atoms with Crippen molar-refractivity contribution < 1.29 is 14.4 Å². The lowest BCUT2D eigenvalue weighted by Crippen LogP contribution is -2.44. The van der Waals surface area contributed by atoms with Gasteiger partial charge in [-0.1, -0.05) is 30.3 Å². The summed E-state index contributed by atoms with van der Waals surface area (Å²) in [5.74, 6) is -0.979. The number of rotatable bonds is 5. The average Bonchev–Trinajstić information content (AvgIpc) is 2.73. The Bertz CT molecular complexity index is 1060. The topological polar surface area (TPSA) is 79.4 Å². The number of hydrogen-bond donors (Lipinski definition) is 1. The fourth-order valence-electron chi connectivity index (χ4n) is 3.28. The fraction of sp³-hybridized carbons (Fsp3) is 0.0909. The number of nitrogens with zero attached hydrogens (tertiary/aromatic N) is 2. The second-order valence-corrected chi connectivity index (χ2v) is 6.38. The molecule has 0 aliphatic carbocycles. The minimum Gasteiger partial charge on any atom is -0.351 e. The Morgan fingerprint density at radius 3 is 2.36 bits per heavy atom. The summed E-state index contributed by atoms with van der Waals surface area (Å²) in [6.45, 7) is 0.278. The highest BCUT2D eigenvalue weighted by molar-refractivity contribution is 6.25. The molecular formula is C22H17N3O3. The van der Waals surface area contributed by atoms with Crippen LogP contribution in [0.4, 0.5) is 0 Å². The van der Waals surface area contributed by atoms with Crippen molar-refractivity contribution >= 4 is 34.6 Å². The van der Waals surface area contributed by atoms with E-state index < -0.39 is 0 Å². The molecule has 138 valence electrons. The van der Waals surface area contributed by atoms with E-state index in [0.29, 0.717) is 16.5 Å². The van der Waals surface area contributed by atoms with Gasteiger partial charge in [0.05, 0.1) is 0 Å². The number of amides is 3. The van der Waals surface area contributed by atoms with Gasteiger partial charge in [0.1, 0.15) is 0 Å². The molecule has 4 rings (SSSR count). The van der Waals surface area contributed by atoms with Gasteiger partial charge in [-0.3, -0.25) is 24.3 Å². The van der Waals surface area contributed by atoms with Gasteiger partial charge in [0.15, 0.2) is 0 Å². The largest absolute Gasteiger partial charge is 0.351 e. The third kappa shape index (κ3) is 3.27. The monoisotopic (exact) mass is 371 g/mol. The Kier molecular flexibility index (Phi) is 4.68. The summed E-state index contributed by atoms with van der Waals surface area (Å²) in [4.78, 5) is 42.7. The molecule has 0 spiro atoms. The molecule has 0 unspecified atom stereocenters. The summed E-state index contributed by atoms with van der Waals surface area (Å²) in [6.07, 6.45) is 6.35. The minimum atomic E-state index is -0.338. The molecule has 6 heteroatoms. The van der Waals surface area contributed by atoms with E-state index in [4.69, 9.17) is 0 Å². The highest BCUT2D eigenvalue weighted by atomic mass is 16.2. The van der Waals surface area contributed by atoms with Gasteiger partial charge < -0.3 is 5.32 Å². The van der Waals surface area contributed by atoms with Crippen LogP contribution in [0.25, 0.3) is 16.8 Å². The van der Waals surface area contributed by atoms with Gasteiger partial charge in [0.2, 0.25) is 5.91 Å². The van der Waals surface area contributed by atoms with Crippen molar-refractivity contribution in [3.8, 4) is 0 Å². The van der Waals surface area contributed by atoms with E-state index in [1.54, 1.807) is 48.8 Å². The normalized spacial score (nSPS) is 13.4. The zero-order chi connectivity index (χ0) is 19.5. The standard InChI is InChI=1S/C22H17N3O3/c26-19(10-9-15-4-3-11-23-14-15)24-12-13-25-21(27)17-7-1-5-16-6-2-8-18(20(16)17)22(25)28/h1-11,14H,12-13H2,(H,24,26)/b10-9-. The summed E-state index contributed by atoms with van der Waals surface area (Å²) < 4.78 is 0. The lowest BCUT2D eigenvalue weighted by molar-refractivity contribution is -0.116. The third-order valence-corrected chi connectivity index (χ3v) is 4.60. The lowest BCUT2D eigenvalue weighted by atomic mass is 9.94. The van der Waals surface area contributed by atoms with Gasteiger partial charge in [-0.05, 0) is 35.2 Å². The van der Waals surface area contributed by atoms with E-state index in [1.165, 1.54) is 11.0 Å². The molecule has 3 amide bonds. The SMILES string of the molecule is O=C(/C=C\c1cccnc1)NCCN1C(=O)c2cccc3cccc(c23)C1=O. The number of pyridine rings is 1. The molecule has 0 saturated carbocycles. The zero-order valence-electron chi connectivity index (χ0n) is 15.0. The molecule has 1 aliphatic rings. The molecule has 0 atom stereocenters. The summed E-state index contributed by atoms with van der Waals surface area (Å²) >= 11 is 0. The maximum Gasteiger partial charge on any atom is 0.261 e. The van der Waals surface area contributed by atoms with Gasteiger partial charge in [0, 0.05) is 48.1 Å². The second kappa shape index (κ2) is 7.44. The van der Waals surface area contributed by atoms with Crippen molar-refractivity contribution in [2.75, 3.05) is 13.1 Å². The molecule has 0 fully saturated rings. The van der Waals surface area contributed by atoms with Crippen LogP contribution in [0.5, 0.6) is 0 Å². The minimum absolute atomic E-state index is 0.106. The predicted octanol–water partition coefficient (Wildman–Crippen LogP) is 2.66. The number of aromatic nitrogens is 1. The Morgan fingerprint density at radius 1 is 1.00 bits per heavy atom. The third-order valence-electron chi connectivity index (χ3n) is 4.60. The molecule has 1 N–H and O–H groups in total. The molecule has 28 heavy (non-hydrogen) atoms. The van der Waals surface area contributed by atoms with Crippen molar-refractivity contribution in [1.29, 1.82) is 0 Å². The summed E-state index contributed by atoms with van der Waals surface area (Å²) in [5, 5.41) is 4.26. The lowest BCUT2D eigenvalue weighted by Gasteiger charge is -2.27. The van der Waals surface area contributed by atoms with Gasteiger partial charge >= 0.3 is 0 Å². The number of hydrogen-bond acceptors (Lipinski definition) is 4. The summed E-state index contributed by atoms with van der Waals surface area (Å²) in [6, 6.07) is 14.4. The maximum atomic E-state index is 12.8. The first kappa shape index (κ1) is 17.6. The number of carbonyl (C=O) groups excluding carboxylic acids is 3. The molecule has 0 bridgehead atoms. The Labute approximate surface area is 161 Å². The van der Waals surface area contributed by atoms with Crippen molar-refractivity contribution in [1.82, 2.24) is 15.2 Å². The molecule has 1 aromatic heterocycles. The summed E-state index contributed by atoms with van der Waals surface area (Å²) in [5.41, 5.74) is 1.83. The van der Waals surface area contributed by atoms with Crippen molar-refractivity contribution in [3.63, 3.8) is 0 Å².